The minimum Gasteiger partial charge on any atom is -0.480 e. The fourth-order valence-corrected chi connectivity index (χ4v) is 3.80. The van der Waals surface area contributed by atoms with Crippen LogP contribution in [0.3, 0.4) is 0 Å². The molecule has 0 aliphatic heterocycles. The number of rotatable bonds is 3. The Morgan fingerprint density at radius 2 is 2.35 bits per heavy atom. The van der Waals surface area contributed by atoms with Gasteiger partial charge in [-0.15, -0.1) is 11.8 Å². The first-order valence-electron chi connectivity index (χ1n) is 5.72. The largest absolute Gasteiger partial charge is 0.480 e. The summed E-state index contributed by atoms with van der Waals surface area (Å²) >= 11 is 1.29. The van der Waals surface area contributed by atoms with Crippen molar-refractivity contribution in [2.75, 3.05) is 0 Å². The predicted octanol–water partition coefficient (Wildman–Crippen LogP) is 3.56. The molecule has 0 bridgehead atoms. The van der Waals surface area contributed by atoms with Crippen molar-refractivity contribution in [2.45, 2.75) is 35.8 Å². The van der Waals surface area contributed by atoms with Crippen molar-refractivity contribution in [3.8, 4) is 0 Å². The van der Waals surface area contributed by atoms with Crippen LogP contribution < -0.4 is 0 Å². The van der Waals surface area contributed by atoms with Gasteiger partial charge in [-0.25, -0.2) is 4.39 Å². The summed E-state index contributed by atoms with van der Waals surface area (Å²) in [5.74, 6) is -0.980. The fraction of sp³-hybridized carbons (Fsp3) is 0.462. The molecule has 92 valence electrons. The lowest BCUT2D eigenvalue weighted by molar-refractivity contribution is -0.140. The molecule has 1 aromatic rings. The molecule has 2 unspecified atom stereocenters. The first-order valence-corrected chi connectivity index (χ1v) is 6.54. The number of carbonyl (C=O) groups is 1. The van der Waals surface area contributed by atoms with E-state index in [1.165, 1.54) is 23.9 Å². The van der Waals surface area contributed by atoms with E-state index in [9.17, 15) is 14.3 Å². The highest BCUT2D eigenvalue weighted by molar-refractivity contribution is 8.01. The van der Waals surface area contributed by atoms with Crippen molar-refractivity contribution in [3.05, 3.63) is 30.1 Å². The lowest BCUT2D eigenvalue weighted by Crippen LogP contribution is -2.37. The number of hydrogen-bond acceptors (Lipinski definition) is 2. The number of halogens is 1. The van der Waals surface area contributed by atoms with E-state index in [2.05, 4.69) is 0 Å². The van der Waals surface area contributed by atoms with Crippen LogP contribution in [0.1, 0.15) is 26.2 Å². The highest BCUT2D eigenvalue weighted by Crippen LogP contribution is 2.49. The number of hydrogen-bond donors (Lipinski definition) is 1. The molecule has 0 saturated heterocycles. The first-order chi connectivity index (χ1) is 8.04. The molecule has 0 amide bonds. The Morgan fingerprint density at radius 3 is 2.88 bits per heavy atom. The molecule has 1 aliphatic rings. The Hall–Kier alpha value is -1.03. The van der Waals surface area contributed by atoms with Gasteiger partial charge in [0.25, 0.3) is 0 Å². The molecule has 4 heteroatoms. The van der Waals surface area contributed by atoms with E-state index >= 15 is 0 Å². The van der Waals surface area contributed by atoms with Gasteiger partial charge in [-0.2, -0.15) is 0 Å². The summed E-state index contributed by atoms with van der Waals surface area (Å²) in [6.07, 6.45) is 2.51. The summed E-state index contributed by atoms with van der Waals surface area (Å²) in [7, 11) is 0. The maximum atomic E-state index is 13.1. The molecule has 1 N–H and O–H groups in total. The average molecular weight is 254 g/mol. The molecule has 0 heterocycles. The highest BCUT2D eigenvalue weighted by atomic mass is 32.2. The van der Waals surface area contributed by atoms with Crippen molar-refractivity contribution < 1.29 is 14.3 Å². The minimum atomic E-state index is -0.784. The Kier molecular flexibility index (Phi) is 3.43. The zero-order valence-corrected chi connectivity index (χ0v) is 10.5. The van der Waals surface area contributed by atoms with Gasteiger partial charge in [0.1, 0.15) is 10.6 Å². The van der Waals surface area contributed by atoms with E-state index in [1.807, 2.05) is 6.92 Å². The Labute approximate surface area is 104 Å². The maximum absolute atomic E-state index is 13.1. The minimum absolute atomic E-state index is 0.119. The first kappa shape index (κ1) is 12.4. The smallest absolute Gasteiger partial charge is 0.320 e. The zero-order valence-electron chi connectivity index (χ0n) is 9.65. The van der Waals surface area contributed by atoms with Gasteiger partial charge in [0.15, 0.2) is 0 Å². The van der Waals surface area contributed by atoms with E-state index in [4.69, 9.17) is 0 Å². The molecule has 0 aromatic heterocycles. The molecule has 1 saturated carbocycles. The summed E-state index contributed by atoms with van der Waals surface area (Å²) in [6, 6.07) is 6.16. The molecule has 1 aromatic carbocycles. The van der Waals surface area contributed by atoms with Gasteiger partial charge in [-0.1, -0.05) is 19.4 Å². The number of aliphatic carboxylic acids is 1. The molecule has 1 fully saturated rings. The third-order valence-corrected chi connectivity index (χ3v) is 5.07. The number of thioether (sulfide) groups is 1. The van der Waals surface area contributed by atoms with Crippen LogP contribution >= 0.6 is 11.8 Å². The Morgan fingerprint density at radius 1 is 1.59 bits per heavy atom. The maximum Gasteiger partial charge on any atom is 0.320 e. The van der Waals surface area contributed by atoms with Gasteiger partial charge in [-0.3, -0.25) is 4.79 Å². The van der Waals surface area contributed by atoms with E-state index in [0.29, 0.717) is 11.3 Å². The Balaban J connectivity index is 2.28. The molecule has 0 radical (unpaired) electrons. The second kappa shape index (κ2) is 4.69. The van der Waals surface area contributed by atoms with Crippen LogP contribution in [0.4, 0.5) is 4.39 Å². The van der Waals surface area contributed by atoms with Crippen LogP contribution in [0.15, 0.2) is 29.2 Å². The number of benzene rings is 1. The lowest BCUT2D eigenvalue weighted by Gasteiger charge is -2.28. The molecular weight excluding hydrogens is 239 g/mol. The van der Waals surface area contributed by atoms with Crippen molar-refractivity contribution in [2.24, 2.45) is 5.92 Å². The van der Waals surface area contributed by atoms with E-state index < -0.39 is 10.7 Å². The van der Waals surface area contributed by atoms with Gasteiger partial charge >= 0.3 is 5.97 Å². The third kappa shape index (κ3) is 2.32. The molecule has 1 aliphatic carbocycles. The van der Waals surface area contributed by atoms with Gasteiger partial charge < -0.3 is 5.11 Å². The predicted molar refractivity (Wildman–Crippen MR) is 65.6 cm³/mol. The van der Waals surface area contributed by atoms with Crippen molar-refractivity contribution in [1.29, 1.82) is 0 Å². The molecule has 2 nitrogen and oxygen atoms in total. The van der Waals surface area contributed by atoms with Crippen LogP contribution in [-0.4, -0.2) is 15.8 Å². The molecular formula is C13H15FO2S. The van der Waals surface area contributed by atoms with Gasteiger partial charge in [0.05, 0.1) is 0 Å². The molecule has 2 atom stereocenters. The summed E-state index contributed by atoms with van der Waals surface area (Å²) < 4.78 is 12.3. The van der Waals surface area contributed by atoms with Gasteiger partial charge in [0, 0.05) is 4.90 Å². The molecule has 2 rings (SSSR count). The molecule has 0 spiro atoms. The fourth-order valence-electron chi connectivity index (χ4n) is 2.40. The van der Waals surface area contributed by atoms with E-state index in [0.717, 1.165) is 12.8 Å². The lowest BCUT2D eigenvalue weighted by atomic mass is 9.97. The van der Waals surface area contributed by atoms with E-state index in [1.54, 1.807) is 12.1 Å². The third-order valence-electron chi connectivity index (χ3n) is 3.44. The topological polar surface area (TPSA) is 37.3 Å². The van der Waals surface area contributed by atoms with Gasteiger partial charge in [0.2, 0.25) is 0 Å². The van der Waals surface area contributed by atoms with Crippen molar-refractivity contribution >= 4 is 17.7 Å². The van der Waals surface area contributed by atoms with Crippen molar-refractivity contribution in [3.63, 3.8) is 0 Å². The van der Waals surface area contributed by atoms with Crippen LogP contribution in [0.5, 0.6) is 0 Å². The summed E-state index contributed by atoms with van der Waals surface area (Å²) in [4.78, 5) is 12.2. The summed E-state index contributed by atoms with van der Waals surface area (Å²) in [5, 5.41) is 9.45. The van der Waals surface area contributed by atoms with Crippen LogP contribution in [-0.2, 0) is 4.79 Å². The summed E-state index contributed by atoms with van der Waals surface area (Å²) in [6.45, 7) is 1.97. The van der Waals surface area contributed by atoms with Crippen molar-refractivity contribution in [1.82, 2.24) is 0 Å². The van der Waals surface area contributed by atoms with Gasteiger partial charge in [-0.05, 0) is 37.0 Å². The second-order valence-electron chi connectivity index (χ2n) is 4.55. The number of carboxylic acids is 1. The SMILES string of the molecule is CC1CCCC1(Sc1cccc(F)c1)C(=O)O. The quantitative estimate of drug-likeness (QED) is 0.896. The van der Waals surface area contributed by atoms with Crippen LogP contribution in [0, 0.1) is 11.7 Å². The average Bonchev–Trinajstić information content (AvgIpc) is 2.61. The number of carboxylic acid groups (broad SMARTS) is 1. The van der Waals surface area contributed by atoms with Crippen LogP contribution in [0.25, 0.3) is 0 Å². The monoisotopic (exact) mass is 254 g/mol. The summed E-state index contributed by atoms with van der Waals surface area (Å²) in [5.41, 5.74) is 0. The standard InChI is InChI=1S/C13H15FO2S/c1-9-4-3-7-13(9,12(15)16)17-11-6-2-5-10(14)8-11/h2,5-6,8-9H,3-4,7H2,1H3,(H,15,16). The molecule has 17 heavy (non-hydrogen) atoms. The van der Waals surface area contributed by atoms with Crippen LogP contribution in [0.2, 0.25) is 0 Å². The zero-order chi connectivity index (χ0) is 12.5. The Bertz CT molecular complexity index is 435. The van der Waals surface area contributed by atoms with E-state index in [-0.39, 0.29) is 11.7 Å². The normalized spacial score (nSPS) is 28.2. The highest BCUT2D eigenvalue weighted by Gasteiger charge is 2.47. The second-order valence-corrected chi connectivity index (χ2v) is 5.95.